The molecule has 82 valence electrons. The van der Waals surface area contributed by atoms with Crippen LogP contribution in [0.15, 0.2) is 22.7 Å². The maximum Gasteiger partial charge on any atom is 0.162 e. The van der Waals surface area contributed by atoms with E-state index in [1.165, 1.54) is 0 Å². The first-order chi connectivity index (χ1) is 7.19. The quantitative estimate of drug-likeness (QED) is 0.829. The smallest absolute Gasteiger partial charge is 0.162 e. The Morgan fingerprint density at radius 3 is 2.60 bits per heavy atom. The van der Waals surface area contributed by atoms with Gasteiger partial charge in [-0.05, 0) is 37.5 Å². The molecule has 2 nitrogen and oxygen atoms in total. The van der Waals surface area contributed by atoms with Crippen LogP contribution in [-0.2, 0) is 0 Å². The third-order valence-electron chi connectivity index (χ3n) is 2.90. The van der Waals surface area contributed by atoms with Crippen molar-refractivity contribution in [3.8, 4) is 11.5 Å². The predicted octanol–water partition coefficient (Wildman–Crippen LogP) is 3.78. The average Bonchev–Trinajstić information content (AvgIpc) is 3.01. The highest BCUT2D eigenvalue weighted by Gasteiger charge is 2.44. The molecule has 0 aliphatic heterocycles. The van der Waals surface area contributed by atoms with E-state index >= 15 is 0 Å². The highest BCUT2D eigenvalue weighted by Crippen LogP contribution is 2.45. The van der Waals surface area contributed by atoms with Crippen LogP contribution >= 0.6 is 15.9 Å². The van der Waals surface area contributed by atoms with Crippen LogP contribution in [0.4, 0.5) is 0 Å². The lowest BCUT2D eigenvalue weighted by Gasteiger charge is -2.18. The fourth-order valence-electron chi connectivity index (χ4n) is 1.63. The van der Waals surface area contributed by atoms with E-state index in [0.717, 1.165) is 35.2 Å². The van der Waals surface area contributed by atoms with E-state index in [-0.39, 0.29) is 5.60 Å². The maximum absolute atomic E-state index is 5.99. The summed E-state index contributed by atoms with van der Waals surface area (Å²) < 4.78 is 12.3. The number of benzene rings is 1. The first-order valence-corrected chi connectivity index (χ1v) is 6.01. The van der Waals surface area contributed by atoms with Gasteiger partial charge in [0.15, 0.2) is 11.5 Å². The number of halogens is 1. The van der Waals surface area contributed by atoms with Crippen LogP contribution in [0.5, 0.6) is 11.5 Å². The zero-order valence-corrected chi connectivity index (χ0v) is 10.6. The van der Waals surface area contributed by atoms with Crippen molar-refractivity contribution in [1.29, 1.82) is 0 Å². The fourth-order valence-corrected chi connectivity index (χ4v) is 1.97. The summed E-state index contributed by atoms with van der Waals surface area (Å²) in [5.74, 6) is 1.64. The molecule has 2 rings (SSSR count). The summed E-state index contributed by atoms with van der Waals surface area (Å²) in [6, 6.07) is 5.86. The van der Waals surface area contributed by atoms with Crippen LogP contribution in [0.2, 0.25) is 0 Å². The molecule has 1 aliphatic carbocycles. The Hall–Kier alpha value is -0.700. The molecule has 0 unspecified atom stereocenters. The van der Waals surface area contributed by atoms with Gasteiger partial charge < -0.3 is 9.47 Å². The number of ether oxygens (including phenoxy) is 2. The summed E-state index contributed by atoms with van der Waals surface area (Å²) >= 11 is 3.41. The first kappa shape index (κ1) is 10.8. The van der Waals surface area contributed by atoms with Crippen molar-refractivity contribution in [1.82, 2.24) is 0 Å². The molecule has 1 saturated carbocycles. The molecule has 0 atom stereocenters. The van der Waals surface area contributed by atoms with Gasteiger partial charge in [-0.2, -0.15) is 0 Å². The van der Waals surface area contributed by atoms with Gasteiger partial charge >= 0.3 is 0 Å². The lowest BCUT2D eigenvalue weighted by atomic mass is 10.2. The third kappa shape index (κ3) is 2.28. The normalized spacial score (nSPS) is 17.3. The molecule has 15 heavy (non-hydrogen) atoms. The van der Waals surface area contributed by atoms with Crippen LogP contribution in [0.3, 0.4) is 0 Å². The van der Waals surface area contributed by atoms with Gasteiger partial charge in [0.2, 0.25) is 0 Å². The molecule has 0 amide bonds. The van der Waals surface area contributed by atoms with Gasteiger partial charge in [0, 0.05) is 4.47 Å². The average molecular weight is 271 g/mol. The molecule has 0 bridgehead atoms. The standard InChI is InChI=1S/C12H15BrO2/c1-3-12(6-7-12)15-10-5-4-9(13)8-11(10)14-2/h4-5,8H,3,6-7H2,1-2H3. The molecule has 0 N–H and O–H groups in total. The van der Waals surface area contributed by atoms with Crippen LogP contribution < -0.4 is 9.47 Å². The summed E-state index contributed by atoms with van der Waals surface area (Å²) in [5, 5.41) is 0. The summed E-state index contributed by atoms with van der Waals surface area (Å²) in [7, 11) is 1.67. The molecule has 0 radical (unpaired) electrons. The summed E-state index contributed by atoms with van der Waals surface area (Å²) in [5.41, 5.74) is 0.0844. The molecule has 3 heteroatoms. The van der Waals surface area contributed by atoms with Crippen molar-refractivity contribution in [3.63, 3.8) is 0 Å². The number of rotatable bonds is 4. The second-order valence-corrected chi connectivity index (χ2v) is 4.85. The lowest BCUT2D eigenvalue weighted by Crippen LogP contribution is -2.16. The van der Waals surface area contributed by atoms with Crippen LogP contribution in [-0.4, -0.2) is 12.7 Å². The highest BCUT2D eigenvalue weighted by molar-refractivity contribution is 9.10. The molecule has 0 aromatic heterocycles. The molecule has 0 heterocycles. The topological polar surface area (TPSA) is 18.5 Å². The molecule has 1 aromatic carbocycles. The Morgan fingerprint density at radius 2 is 2.07 bits per heavy atom. The second-order valence-electron chi connectivity index (χ2n) is 3.93. The van der Waals surface area contributed by atoms with E-state index in [9.17, 15) is 0 Å². The van der Waals surface area contributed by atoms with Crippen molar-refractivity contribution in [2.45, 2.75) is 31.8 Å². The van der Waals surface area contributed by atoms with Gasteiger partial charge in [-0.25, -0.2) is 0 Å². The molecule has 1 aromatic rings. The second kappa shape index (κ2) is 4.05. The van der Waals surface area contributed by atoms with E-state index in [4.69, 9.17) is 9.47 Å². The van der Waals surface area contributed by atoms with Crippen molar-refractivity contribution >= 4 is 15.9 Å². The molecule has 0 saturated heterocycles. The maximum atomic E-state index is 5.99. The zero-order chi connectivity index (χ0) is 10.9. The van der Waals surface area contributed by atoms with Crippen LogP contribution in [0, 0.1) is 0 Å². The fraction of sp³-hybridized carbons (Fsp3) is 0.500. The van der Waals surface area contributed by atoms with E-state index in [1.807, 2.05) is 18.2 Å². The highest BCUT2D eigenvalue weighted by atomic mass is 79.9. The molecule has 1 fully saturated rings. The Morgan fingerprint density at radius 1 is 1.33 bits per heavy atom. The summed E-state index contributed by atoms with van der Waals surface area (Å²) in [4.78, 5) is 0. The van der Waals surface area contributed by atoms with E-state index in [0.29, 0.717) is 0 Å². The van der Waals surface area contributed by atoms with E-state index < -0.39 is 0 Å². The number of hydrogen-bond acceptors (Lipinski definition) is 2. The van der Waals surface area contributed by atoms with Gasteiger partial charge in [0.05, 0.1) is 7.11 Å². The number of methoxy groups -OCH3 is 1. The van der Waals surface area contributed by atoms with Crippen LogP contribution in [0.1, 0.15) is 26.2 Å². The van der Waals surface area contributed by atoms with Crippen molar-refractivity contribution in [2.75, 3.05) is 7.11 Å². The minimum absolute atomic E-state index is 0.0844. The summed E-state index contributed by atoms with van der Waals surface area (Å²) in [6.45, 7) is 2.17. The Labute approximate surface area is 98.7 Å². The van der Waals surface area contributed by atoms with Gasteiger partial charge in [-0.15, -0.1) is 0 Å². The Balaban J connectivity index is 2.20. The van der Waals surface area contributed by atoms with Crippen molar-refractivity contribution in [3.05, 3.63) is 22.7 Å². The number of hydrogen-bond donors (Lipinski definition) is 0. The van der Waals surface area contributed by atoms with Crippen molar-refractivity contribution < 1.29 is 9.47 Å². The third-order valence-corrected chi connectivity index (χ3v) is 3.40. The molecular formula is C12H15BrO2. The van der Waals surface area contributed by atoms with E-state index in [2.05, 4.69) is 22.9 Å². The SMILES string of the molecule is CCC1(Oc2ccc(Br)cc2OC)CC1. The largest absolute Gasteiger partial charge is 0.493 e. The minimum atomic E-state index is 0.0844. The molecular weight excluding hydrogens is 256 g/mol. The molecule has 1 aliphatic rings. The Kier molecular flexibility index (Phi) is 2.91. The van der Waals surface area contributed by atoms with E-state index in [1.54, 1.807) is 7.11 Å². The first-order valence-electron chi connectivity index (χ1n) is 5.22. The summed E-state index contributed by atoms with van der Waals surface area (Å²) in [6.07, 6.45) is 3.37. The van der Waals surface area contributed by atoms with Gasteiger partial charge in [0.25, 0.3) is 0 Å². The zero-order valence-electron chi connectivity index (χ0n) is 9.05. The van der Waals surface area contributed by atoms with Crippen molar-refractivity contribution in [2.24, 2.45) is 0 Å². The Bertz CT molecular complexity index is 359. The van der Waals surface area contributed by atoms with Crippen LogP contribution in [0.25, 0.3) is 0 Å². The van der Waals surface area contributed by atoms with Gasteiger partial charge in [-0.1, -0.05) is 22.9 Å². The van der Waals surface area contributed by atoms with Gasteiger partial charge in [-0.3, -0.25) is 0 Å². The molecule has 0 spiro atoms. The van der Waals surface area contributed by atoms with Gasteiger partial charge in [0.1, 0.15) is 5.60 Å². The monoisotopic (exact) mass is 270 g/mol. The lowest BCUT2D eigenvalue weighted by molar-refractivity contribution is 0.167. The predicted molar refractivity (Wildman–Crippen MR) is 63.6 cm³/mol. The minimum Gasteiger partial charge on any atom is -0.493 e.